The molecule has 0 unspecified atom stereocenters. The van der Waals surface area contributed by atoms with Crippen molar-refractivity contribution in [1.82, 2.24) is 15.2 Å². The van der Waals surface area contributed by atoms with E-state index >= 15 is 0 Å². The van der Waals surface area contributed by atoms with Gasteiger partial charge in [0.05, 0.1) is 11.8 Å². The number of ether oxygens (including phenoxy) is 2. The van der Waals surface area contributed by atoms with Gasteiger partial charge in [0.2, 0.25) is 23.2 Å². The Morgan fingerprint density at radius 2 is 1.83 bits per heavy atom. The second-order valence-electron chi connectivity index (χ2n) is 9.19. The van der Waals surface area contributed by atoms with Crippen molar-refractivity contribution in [3.63, 3.8) is 0 Å². The van der Waals surface area contributed by atoms with E-state index in [1.807, 2.05) is 69.3 Å². The van der Waals surface area contributed by atoms with Gasteiger partial charge in [-0.15, -0.1) is 10.2 Å². The number of fused-ring (bicyclic) bond motifs is 3. The maximum atomic E-state index is 13.5. The zero-order chi connectivity index (χ0) is 24.9. The summed E-state index contributed by atoms with van der Waals surface area (Å²) in [6, 6.07) is 15.4. The van der Waals surface area contributed by atoms with Gasteiger partial charge in [-0.25, -0.2) is 0 Å². The van der Waals surface area contributed by atoms with Crippen LogP contribution in [0, 0.1) is 5.92 Å². The molecule has 0 radical (unpaired) electrons. The highest BCUT2D eigenvalue weighted by molar-refractivity contribution is 7.99. The van der Waals surface area contributed by atoms with Crippen molar-refractivity contribution in [3.05, 3.63) is 54.1 Å². The average molecular weight is 493 g/mol. The zero-order valence-electron chi connectivity index (χ0n) is 20.9. The number of nitrogens with zero attached hydrogens (tertiary/aromatic N) is 4. The fourth-order valence-electron chi connectivity index (χ4n) is 3.82. The molecular formula is C27H32N4O3S. The molecule has 1 aliphatic heterocycles. The molecule has 2 heterocycles. The number of hydrogen-bond acceptors (Lipinski definition) is 7. The molecule has 1 amide bonds. The highest BCUT2D eigenvalue weighted by atomic mass is 32.2. The fraction of sp³-hybridized carbons (Fsp3) is 0.407. The number of hydrogen-bond donors (Lipinski definition) is 0. The van der Waals surface area contributed by atoms with Gasteiger partial charge in [-0.2, -0.15) is 4.98 Å². The number of carbonyl (C=O) groups excluding carboxylic acids is 1. The first-order valence-corrected chi connectivity index (χ1v) is 13.1. The average Bonchev–Trinajstić information content (AvgIpc) is 2.97. The number of amides is 1. The van der Waals surface area contributed by atoms with Gasteiger partial charge in [-0.05, 0) is 56.5 Å². The van der Waals surface area contributed by atoms with E-state index in [1.54, 1.807) is 16.7 Å². The SMILES string of the molecule is CCCC(=O)N1c2ccccc2-c2nnc(SCC(C)C)nc2O[C@@H]1c1ccc(OC(C)C)cc1. The summed E-state index contributed by atoms with van der Waals surface area (Å²) in [6.07, 6.45) is 0.491. The predicted octanol–water partition coefficient (Wildman–Crippen LogP) is 6.30. The Morgan fingerprint density at radius 1 is 1.09 bits per heavy atom. The van der Waals surface area contributed by atoms with Crippen LogP contribution < -0.4 is 14.4 Å². The Balaban J connectivity index is 1.82. The van der Waals surface area contributed by atoms with Gasteiger partial charge in [0, 0.05) is 23.3 Å². The summed E-state index contributed by atoms with van der Waals surface area (Å²) < 4.78 is 12.3. The van der Waals surface area contributed by atoms with E-state index in [1.165, 1.54) is 0 Å². The Bertz CT molecular complexity index is 1170. The molecule has 0 fully saturated rings. The van der Waals surface area contributed by atoms with Gasteiger partial charge in [-0.3, -0.25) is 9.69 Å². The van der Waals surface area contributed by atoms with Crippen molar-refractivity contribution in [3.8, 4) is 22.9 Å². The molecule has 1 aliphatic rings. The summed E-state index contributed by atoms with van der Waals surface area (Å²) in [5.41, 5.74) is 2.86. The van der Waals surface area contributed by atoms with Crippen molar-refractivity contribution in [2.24, 2.45) is 5.92 Å². The molecule has 184 valence electrons. The maximum absolute atomic E-state index is 13.5. The molecule has 3 aromatic rings. The molecule has 4 rings (SSSR count). The van der Waals surface area contributed by atoms with Gasteiger partial charge in [0.15, 0.2) is 5.69 Å². The van der Waals surface area contributed by atoms with E-state index in [0.717, 1.165) is 34.7 Å². The first-order valence-electron chi connectivity index (χ1n) is 12.1. The van der Waals surface area contributed by atoms with E-state index < -0.39 is 6.23 Å². The van der Waals surface area contributed by atoms with Crippen molar-refractivity contribution in [2.75, 3.05) is 10.7 Å². The standard InChI is InChI=1S/C27H32N4O3S/c1-6-9-23(32)31-22-11-8-7-10-21(22)24-25(28-27(30-29-24)35-16-17(2)3)34-26(31)19-12-14-20(15-13-19)33-18(4)5/h7-8,10-15,17-18,26H,6,9,16H2,1-5H3/t26-/m1/s1. The molecule has 1 atom stereocenters. The predicted molar refractivity (Wildman–Crippen MR) is 139 cm³/mol. The van der Waals surface area contributed by atoms with Crippen LogP contribution in [0.3, 0.4) is 0 Å². The highest BCUT2D eigenvalue weighted by Gasteiger charge is 2.35. The van der Waals surface area contributed by atoms with Gasteiger partial charge in [0.25, 0.3) is 0 Å². The number of carbonyl (C=O) groups is 1. The second-order valence-corrected chi connectivity index (χ2v) is 10.2. The summed E-state index contributed by atoms with van der Waals surface area (Å²) in [7, 11) is 0. The minimum Gasteiger partial charge on any atom is -0.491 e. The van der Waals surface area contributed by atoms with Crippen LogP contribution in [0.15, 0.2) is 53.7 Å². The largest absolute Gasteiger partial charge is 0.491 e. The lowest BCUT2D eigenvalue weighted by atomic mass is 10.1. The Morgan fingerprint density at radius 3 is 2.51 bits per heavy atom. The molecule has 0 aliphatic carbocycles. The van der Waals surface area contributed by atoms with E-state index in [-0.39, 0.29) is 12.0 Å². The lowest BCUT2D eigenvalue weighted by molar-refractivity contribution is -0.120. The number of aromatic nitrogens is 3. The topological polar surface area (TPSA) is 77.4 Å². The molecule has 35 heavy (non-hydrogen) atoms. The van der Waals surface area contributed by atoms with Gasteiger partial charge < -0.3 is 9.47 Å². The number of benzene rings is 2. The molecule has 1 aromatic heterocycles. The first kappa shape index (κ1) is 25.0. The Hall–Kier alpha value is -3.13. The summed E-state index contributed by atoms with van der Waals surface area (Å²) in [5, 5.41) is 9.40. The molecule has 0 saturated carbocycles. The quantitative estimate of drug-likeness (QED) is 0.342. The smallest absolute Gasteiger partial charge is 0.247 e. The molecule has 0 spiro atoms. The Labute approximate surface area is 211 Å². The molecule has 0 bridgehead atoms. The van der Waals surface area contributed by atoms with E-state index in [9.17, 15) is 4.79 Å². The first-order chi connectivity index (χ1) is 16.9. The monoisotopic (exact) mass is 492 g/mol. The van der Waals surface area contributed by atoms with E-state index in [4.69, 9.17) is 14.5 Å². The van der Waals surface area contributed by atoms with Gasteiger partial charge in [-0.1, -0.05) is 50.7 Å². The molecule has 0 N–H and O–H groups in total. The second kappa shape index (κ2) is 11.1. The van der Waals surface area contributed by atoms with Crippen LogP contribution in [0.4, 0.5) is 5.69 Å². The minimum absolute atomic E-state index is 0.0253. The van der Waals surface area contributed by atoms with Crippen LogP contribution >= 0.6 is 11.8 Å². The molecular weight excluding hydrogens is 460 g/mol. The summed E-state index contributed by atoms with van der Waals surface area (Å²) >= 11 is 1.55. The van der Waals surface area contributed by atoms with Crippen LogP contribution in [0.2, 0.25) is 0 Å². The Kier molecular flexibility index (Phi) is 7.90. The summed E-state index contributed by atoms with van der Waals surface area (Å²) in [5.74, 6) is 2.48. The van der Waals surface area contributed by atoms with Gasteiger partial charge in [0.1, 0.15) is 5.75 Å². The number of para-hydroxylation sites is 1. The zero-order valence-corrected chi connectivity index (χ0v) is 21.7. The maximum Gasteiger partial charge on any atom is 0.247 e. The third-order valence-corrected chi connectivity index (χ3v) is 6.59. The fourth-order valence-corrected chi connectivity index (χ4v) is 4.55. The van der Waals surface area contributed by atoms with Crippen LogP contribution in [0.1, 0.15) is 59.3 Å². The lowest BCUT2D eigenvalue weighted by Crippen LogP contribution is -2.37. The van der Waals surface area contributed by atoms with Gasteiger partial charge >= 0.3 is 0 Å². The number of rotatable bonds is 8. The van der Waals surface area contributed by atoms with Crippen LogP contribution in [0.5, 0.6) is 11.6 Å². The van der Waals surface area contributed by atoms with Crippen molar-refractivity contribution in [1.29, 1.82) is 0 Å². The normalized spacial score (nSPS) is 14.8. The molecule has 7 nitrogen and oxygen atoms in total. The lowest BCUT2D eigenvalue weighted by Gasteiger charge is -2.31. The number of anilines is 1. The van der Waals surface area contributed by atoms with E-state index in [0.29, 0.717) is 29.1 Å². The minimum atomic E-state index is -0.704. The molecule has 2 aromatic carbocycles. The number of thioether (sulfide) groups is 1. The van der Waals surface area contributed by atoms with Crippen molar-refractivity contribution >= 4 is 23.4 Å². The van der Waals surface area contributed by atoms with Crippen LogP contribution in [0.25, 0.3) is 11.3 Å². The highest BCUT2D eigenvalue weighted by Crippen LogP contribution is 2.43. The van der Waals surface area contributed by atoms with Crippen molar-refractivity contribution in [2.45, 2.75) is 64.9 Å². The summed E-state index contributed by atoms with van der Waals surface area (Å²) in [6.45, 7) is 10.3. The van der Waals surface area contributed by atoms with E-state index in [2.05, 4.69) is 24.0 Å². The summed E-state index contributed by atoms with van der Waals surface area (Å²) in [4.78, 5) is 19.9. The third kappa shape index (κ3) is 5.75. The molecule has 8 heteroatoms. The van der Waals surface area contributed by atoms with Crippen LogP contribution in [-0.4, -0.2) is 32.9 Å². The van der Waals surface area contributed by atoms with Crippen molar-refractivity contribution < 1.29 is 14.3 Å². The third-order valence-electron chi connectivity index (χ3n) is 5.33. The molecule has 0 saturated heterocycles. The van der Waals surface area contributed by atoms with Crippen LogP contribution in [-0.2, 0) is 4.79 Å².